The first-order chi connectivity index (χ1) is 7.99. The molecule has 1 aliphatic heterocycles. The summed E-state index contributed by atoms with van der Waals surface area (Å²) in [4.78, 5) is 25.3. The first-order valence-electron chi connectivity index (χ1n) is 5.57. The zero-order chi connectivity index (χ0) is 12.6. The molecule has 2 heterocycles. The Labute approximate surface area is 113 Å². The molecule has 0 saturated carbocycles. The van der Waals surface area contributed by atoms with Crippen molar-refractivity contribution < 1.29 is 9.59 Å². The fraction of sp³-hybridized carbons (Fsp3) is 0.500. The molecule has 1 saturated heterocycles. The van der Waals surface area contributed by atoms with Crippen LogP contribution in [0.2, 0.25) is 0 Å². The topological polar surface area (TPSA) is 37.4 Å². The van der Waals surface area contributed by atoms with Gasteiger partial charge in [-0.05, 0) is 33.8 Å². The Morgan fingerprint density at radius 1 is 1.59 bits per heavy atom. The van der Waals surface area contributed by atoms with Gasteiger partial charge in [-0.2, -0.15) is 0 Å². The van der Waals surface area contributed by atoms with E-state index in [-0.39, 0.29) is 11.8 Å². The molecule has 1 unspecified atom stereocenters. The summed E-state index contributed by atoms with van der Waals surface area (Å²) < 4.78 is 0.910. The van der Waals surface area contributed by atoms with Crippen LogP contribution in [-0.2, 0) is 4.79 Å². The first-order valence-corrected chi connectivity index (χ1v) is 7.25. The van der Waals surface area contributed by atoms with Crippen molar-refractivity contribution in [3.63, 3.8) is 0 Å². The molecule has 0 spiro atoms. The SMILES string of the molecule is CC(C)C1CC(=O)N(C(=O)c2csc(Br)c2)C1. The van der Waals surface area contributed by atoms with E-state index in [4.69, 9.17) is 0 Å². The minimum atomic E-state index is -0.167. The number of rotatable bonds is 2. The molecule has 0 aliphatic carbocycles. The smallest absolute Gasteiger partial charge is 0.261 e. The van der Waals surface area contributed by atoms with Gasteiger partial charge in [-0.25, -0.2) is 0 Å². The first kappa shape index (κ1) is 12.8. The third kappa shape index (κ3) is 2.60. The maximum atomic E-state index is 12.1. The Hall–Kier alpha value is -0.680. The predicted octanol–water partition coefficient (Wildman–Crippen LogP) is 3.16. The Kier molecular flexibility index (Phi) is 3.68. The van der Waals surface area contributed by atoms with E-state index in [1.54, 1.807) is 11.4 Å². The number of amides is 2. The molecule has 5 heteroatoms. The molecule has 1 aliphatic rings. The molecule has 2 rings (SSSR count). The van der Waals surface area contributed by atoms with Crippen molar-refractivity contribution in [2.45, 2.75) is 20.3 Å². The summed E-state index contributed by atoms with van der Waals surface area (Å²) in [6.45, 7) is 4.74. The van der Waals surface area contributed by atoms with Gasteiger partial charge >= 0.3 is 0 Å². The second-order valence-electron chi connectivity index (χ2n) is 4.66. The zero-order valence-electron chi connectivity index (χ0n) is 9.77. The van der Waals surface area contributed by atoms with Crippen molar-refractivity contribution in [1.82, 2.24) is 4.90 Å². The van der Waals surface area contributed by atoms with Crippen LogP contribution in [0, 0.1) is 11.8 Å². The standard InChI is InChI=1S/C12H14BrNO2S/c1-7(2)8-4-11(15)14(5-8)12(16)9-3-10(13)17-6-9/h3,6-8H,4-5H2,1-2H3. The fourth-order valence-corrected chi connectivity index (χ4v) is 3.09. The summed E-state index contributed by atoms with van der Waals surface area (Å²) in [5.74, 6) is 0.524. The predicted molar refractivity (Wildman–Crippen MR) is 71.0 cm³/mol. The third-order valence-electron chi connectivity index (χ3n) is 3.16. The second-order valence-corrected chi connectivity index (χ2v) is 6.95. The van der Waals surface area contributed by atoms with Crippen LogP contribution in [0.3, 0.4) is 0 Å². The minimum Gasteiger partial charge on any atom is -0.278 e. The number of imide groups is 1. The zero-order valence-corrected chi connectivity index (χ0v) is 12.2. The molecule has 0 aromatic carbocycles. The van der Waals surface area contributed by atoms with E-state index in [0.29, 0.717) is 30.4 Å². The van der Waals surface area contributed by atoms with E-state index < -0.39 is 0 Å². The maximum Gasteiger partial charge on any atom is 0.261 e. The molecular formula is C12H14BrNO2S. The highest BCUT2D eigenvalue weighted by molar-refractivity contribution is 9.11. The number of carbonyl (C=O) groups excluding carboxylic acids is 2. The lowest BCUT2D eigenvalue weighted by molar-refractivity contribution is -0.125. The molecule has 0 radical (unpaired) electrons. The quantitative estimate of drug-likeness (QED) is 0.786. The number of hydrogen-bond donors (Lipinski definition) is 0. The molecule has 1 atom stereocenters. The van der Waals surface area contributed by atoms with Gasteiger partial charge in [0.25, 0.3) is 5.91 Å². The van der Waals surface area contributed by atoms with Crippen LogP contribution in [0.5, 0.6) is 0 Å². The average Bonchev–Trinajstić information content (AvgIpc) is 2.84. The van der Waals surface area contributed by atoms with Gasteiger partial charge in [0.15, 0.2) is 0 Å². The summed E-state index contributed by atoms with van der Waals surface area (Å²) in [5.41, 5.74) is 0.597. The summed E-state index contributed by atoms with van der Waals surface area (Å²) in [7, 11) is 0. The lowest BCUT2D eigenvalue weighted by atomic mass is 9.95. The number of nitrogens with zero attached hydrogens (tertiary/aromatic N) is 1. The molecular weight excluding hydrogens is 302 g/mol. The largest absolute Gasteiger partial charge is 0.278 e. The van der Waals surface area contributed by atoms with E-state index in [2.05, 4.69) is 29.8 Å². The van der Waals surface area contributed by atoms with Crippen molar-refractivity contribution >= 4 is 39.1 Å². The van der Waals surface area contributed by atoms with Crippen LogP contribution in [0.1, 0.15) is 30.6 Å². The molecule has 17 heavy (non-hydrogen) atoms. The van der Waals surface area contributed by atoms with Gasteiger partial charge in [-0.3, -0.25) is 14.5 Å². The van der Waals surface area contributed by atoms with E-state index >= 15 is 0 Å². The van der Waals surface area contributed by atoms with Gasteiger partial charge in [0, 0.05) is 18.3 Å². The van der Waals surface area contributed by atoms with Gasteiger partial charge in [-0.15, -0.1) is 11.3 Å². The lowest BCUT2D eigenvalue weighted by Crippen LogP contribution is -2.32. The number of thiophene rings is 1. The molecule has 92 valence electrons. The highest BCUT2D eigenvalue weighted by Gasteiger charge is 2.35. The summed E-state index contributed by atoms with van der Waals surface area (Å²) in [6, 6.07) is 1.77. The van der Waals surface area contributed by atoms with Crippen molar-refractivity contribution in [1.29, 1.82) is 0 Å². The Morgan fingerprint density at radius 2 is 2.29 bits per heavy atom. The van der Waals surface area contributed by atoms with Crippen LogP contribution in [0.25, 0.3) is 0 Å². The molecule has 1 fully saturated rings. The van der Waals surface area contributed by atoms with Gasteiger partial charge < -0.3 is 0 Å². The van der Waals surface area contributed by atoms with Crippen molar-refractivity contribution in [3.8, 4) is 0 Å². The summed E-state index contributed by atoms with van der Waals surface area (Å²) in [6.07, 6.45) is 0.495. The third-order valence-corrected chi connectivity index (χ3v) is 4.66. The Bertz CT molecular complexity index is 455. The molecule has 0 N–H and O–H groups in total. The number of likely N-dealkylation sites (tertiary alicyclic amines) is 1. The van der Waals surface area contributed by atoms with Crippen molar-refractivity contribution in [2.24, 2.45) is 11.8 Å². The van der Waals surface area contributed by atoms with Crippen LogP contribution in [-0.4, -0.2) is 23.3 Å². The van der Waals surface area contributed by atoms with Crippen LogP contribution in [0.15, 0.2) is 15.2 Å². The Morgan fingerprint density at radius 3 is 2.76 bits per heavy atom. The van der Waals surface area contributed by atoms with E-state index in [1.807, 2.05) is 0 Å². The molecule has 0 bridgehead atoms. The van der Waals surface area contributed by atoms with Crippen LogP contribution < -0.4 is 0 Å². The normalized spacial score (nSPS) is 20.4. The fourth-order valence-electron chi connectivity index (χ4n) is 1.96. The monoisotopic (exact) mass is 315 g/mol. The van der Waals surface area contributed by atoms with E-state index in [1.165, 1.54) is 16.2 Å². The van der Waals surface area contributed by atoms with Crippen LogP contribution in [0.4, 0.5) is 0 Å². The lowest BCUT2D eigenvalue weighted by Gasteiger charge is -2.15. The number of hydrogen-bond acceptors (Lipinski definition) is 3. The van der Waals surface area contributed by atoms with Gasteiger partial charge in [-0.1, -0.05) is 13.8 Å². The van der Waals surface area contributed by atoms with Gasteiger partial charge in [0.1, 0.15) is 0 Å². The van der Waals surface area contributed by atoms with Gasteiger partial charge in [0.05, 0.1) is 9.35 Å². The average molecular weight is 316 g/mol. The van der Waals surface area contributed by atoms with Crippen molar-refractivity contribution in [2.75, 3.05) is 6.54 Å². The molecule has 1 aromatic rings. The molecule has 1 aromatic heterocycles. The molecule has 2 amide bonds. The summed E-state index contributed by atoms with van der Waals surface area (Å²) in [5, 5.41) is 1.78. The summed E-state index contributed by atoms with van der Waals surface area (Å²) >= 11 is 4.78. The number of carbonyl (C=O) groups is 2. The van der Waals surface area contributed by atoms with Gasteiger partial charge in [0.2, 0.25) is 5.91 Å². The van der Waals surface area contributed by atoms with E-state index in [0.717, 1.165) is 3.79 Å². The maximum absolute atomic E-state index is 12.1. The number of halogens is 1. The Balaban J connectivity index is 2.13. The molecule has 3 nitrogen and oxygen atoms in total. The second kappa shape index (κ2) is 4.90. The highest BCUT2D eigenvalue weighted by atomic mass is 79.9. The highest BCUT2D eigenvalue weighted by Crippen LogP contribution is 2.28. The van der Waals surface area contributed by atoms with Crippen molar-refractivity contribution in [3.05, 3.63) is 20.8 Å². The van der Waals surface area contributed by atoms with Crippen LogP contribution >= 0.6 is 27.3 Å². The minimum absolute atomic E-state index is 0.0453. The van der Waals surface area contributed by atoms with E-state index in [9.17, 15) is 9.59 Å².